The molecule has 3 N–H and O–H groups in total. The van der Waals surface area contributed by atoms with Crippen LogP contribution < -0.4 is 16.6 Å². The maximum Gasteiger partial charge on any atom is 0.261 e. The van der Waals surface area contributed by atoms with Gasteiger partial charge in [-0.1, -0.05) is 29.8 Å². The number of halogens is 2. The van der Waals surface area contributed by atoms with Gasteiger partial charge in [-0.25, -0.2) is 4.39 Å². The highest BCUT2D eigenvalue weighted by atomic mass is 35.5. The van der Waals surface area contributed by atoms with Gasteiger partial charge in [0.25, 0.3) is 11.5 Å². The summed E-state index contributed by atoms with van der Waals surface area (Å²) in [5.41, 5.74) is 6.95. The number of benzene rings is 2. The minimum atomic E-state index is -0.635. The molecule has 0 aliphatic carbocycles. The summed E-state index contributed by atoms with van der Waals surface area (Å²) in [7, 11) is 0. The van der Waals surface area contributed by atoms with Gasteiger partial charge in [0.05, 0.1) is 16.4 Å². The number of aromatic nitrogens is 1. The summed E-state index contributed by atoms with van der Waals surface area (Å²) in [5.74, 6) is -1.18. The molecule has 28 heavy (non-hydrogen) atoms. The standard InChI is InChI=1S/C20H13ClFN3O2S/c21-14-10-11(6-8-15(14)22)24-17-13-7-9-16(26)25(12-4-2-1-3-5-12)20(13)28-18(17)19(23)27/h1-10,24H,(H2,23,27). The maximum atomic E-state index is 13.5. The third-order valence-corrected chi connectivity index (χ3v) is 5.66. The molecular weight excluding hydrogens is 401 g/mol. The van der Waals surface area contributed by atoms with Crippen molar-refractivity contribution in [2.75, 3.05) is 5.32 Å². The van der Waals surface area contributed by atoms with Crippen molar-refractivity contribution in [1.82, 2.24) is 4.57 Å². The molecule has 0 spiro atoms. The van der Waals surface area contributed by atoms with Crippen LogP contribution in [0.1, 0.15) is 9.67 Å². The van der Waals surface area contributed by atoms with Crippen LogP contribution in [-0.4, -0.2) is 10.5 Å². The molecule has 4 aromatic rings. The zero-order chi connectivity index (χ0) is 19.8. The first-order valence-corrected chi connectivity index (χ1v) is 9.41. The van der Waals surface area contributed by atoms with Gasteiger partial charge in [-0.15, -0.1) is 11.3 Å². The molecule has 2 aromatic heterocycles. The number of nitrogens with zero attached hydrogens (tertiary/aromatic N) is 1. The number of carbonyl (C=O) groups excluding carboxylic acids is 1. The van der Waals surface area contributed by atoms with E-state index in [0.29, 0.717) is 27.3 Å². The Hall–Kier alpha value is -3.16. The molecule has 0 radical (unpaired) electrons. The number of anilines is 2. The Balaban J connectivity index is 1.96. The van der Waals surface area contributed by atoms with Gasteiger partial charge in [0.2, 0.25) is 0 Å². The van der Waals surface area contributed by atoms with Gasteiger partial charge in [0.15, 0.2) is 0 Å². The largest absolute Gasteiger partial charge is 0.365 e. The number of amides is 1. The van der Waals surface area contributed by atoms with Crippen LogP contribution in [-0.2, 0) is 0 Å². The van der Waals surface area contributed by atoms with Crippen LogP contribution >= 0.6 is 22.9 Å². The van der Waals surface area contributed by atoms with E-state index in [1.54, 1.807) is 18.2 Å². The molecule has 0 bridgehead atoms. The maximum absolute atomic E-state index is 13.5. The third-order valence-electron chi connectivity index (χ3n) is 4.17. The van der Waals surface area contributed by atoms with E-state index < -0.39 is 11.7 Å². The van der Waals surface area contributed by atoms with Gasteiger partial charge < -0.3 is 11.1 Å². The van der Waals surface area contributed by atoms with Crippen LogP contribution in [0.3, 0.4) is 0 Å². The van der Waals surface area contributed by atoms with Crippen molar-refractivity contribution < 1.29 is 9.18 Å². The Bertz CT molecular complexity index is 1270. The summed E-state index contributed by atoms with van der Waals surface area (Å²) in [5, 5.41) is 3.68. The first-order chi connectivity index (χ1) is 13.5. The number of hydrogen-bond donors (Lipinski definition) is 2. The van der Waals surface area contributed by atoms with Crippen molar-refractivity contribution in [1.29, 1.82) is 0 Å². The topological polar surface area (TPSA) is 77.1 Å². The van der Waals surface area contributed by atoms with Crippen LogP contribution in [0.4, 0.5) is 15.8 Å². The van der Waals surface area contributed by atoms with Crippen LogP contribution in [0.5, 0.6) is 0 Å². The number of nitrogens with two attached hydrogens (primary N) is 1. The Morgan fingerprint density at radius 2 is 1.86 bits per heavy atom. The molecule has 2 heterocycles. The van der Waals surface area contributed by atoms with E-state index in [-0.39, 0.29) is 15.5 Å². The molecule has 4 rings (SSSR count). The van der Waals surface area contributed by atoms with E-state index >= 15 is 0 Å². The molecule has 0 fully saturated rings. The molecule has 0 atom stereocenters. The number of nitrogens with one attached hydrogen (secondary N) is 1. The van der Waals surface area contributed by atoms with Gasteiger partial charge in [-0.2, -0.15) is 0 Å². The summed E-state index contributed by atoms with van der Waals surface area (Å²) in [4.78, 5) is 25.4. The number of pyridine rings is 1. The Kier molecular flexibility index (Phi) is 4.62. The lowest BCUT2D eigenvalue weighted by molar-refractivity contribution is 0.100. The first-order valence-electron chi connectivity index (χ1n) is 8.21. The normalized spacial score (nSPS) is 10.9. The van der Waals surface area contributed by atoms with Crippen molar-refractivity contribution in [2.24, 2.45) is 5.73 Å². The van der Waals surface area contributed by atoms with Crippen LogP contribution in [0.15, 0.2) is 65.5 Å². The summed E-state index contributed by atoms with van der Waals surface area (Å²) >= 11 is 6.96. The molecule has 0 unspecified atom stereocenters. The quantitative estimate of drug-likeness (QED) is 0.509. The summed E-state index contributed by atoms with van der Waals surface area (Å²) in [6.07, 6.45) is 0. The molecule has 5 nitrogen and oxygen atoms in total. The van der Waals surface area contributed by atoms with Crippen LogP contribution in [0.2, 0.25) is 5.02 Å². The summed E-state index contributed by atoms with van der Waals surface area (Å²) < 4.78 is 15.0. The van der Waals surface area contributed by atoms with Crippen LogP contribution in [0, 0.1) is 5.82 Å². The Morgan fingerprint density at radius 1 is 1.11 bits per heavy atom. The van der Waals surface area contributed by atoms with E-state index in [9.17, 15) is 14.0 Å². The fourth-order valence-corrected chi connectivity index (χ4v) is 4.22. The number of para-hydroxylation sites is 1. The molecule has 1 amide bonds. The number of thiophene rings is 1. The lowest BCUT2D eigenvalue weighted by atomic mass is 10.2. The highest BCUT2D eigenvalue weighted by Crippen LogP contribution is 2.38. The lowest BCUT2D eigenvalue weighted by Crippen LogP contribution is -2.16. The van der Waals surface area contributed by atoms with Crippen molar-refractivity contribution in [3.8, 4) is 5.69 Å². The minimum absolute atomic E-state index is 0.0497. The first kappa shape index (κ1) is 18.2. The molecule has 0 saturated carbocycles. The average molecular weight is 414 g/mol. The molecule has 2 aromatic carbocycles. The molecule has 0 aliphatic rings. The van der Waals surface area contributed by atoms with Crippen molar-refractivity contribution in [3.05, 3.63) is 86.7 Å². The summed E-state index contributed by atoms with van der Waals surface area (Å²) in [6, 6.07) is 16.3. The predicted octanol–water partition coefficient (Wildman–Crippen LogP) is 4.69. The zero-order valence-electron chi connectivity index (χ0n) is 14.3. The fraction of sp³-hybridized carbons (Fsp3) is 0. The van der Waals surface area contributed by atoms with E-state index in [0.717, 1.165) is 11.3 Å². The molecule has 0 aliphatic heterocycles. The van der Waals surface area contributed by atoms with Gasteiger partial charge >= 0.3 is 0 Å². The minimum Gasteiger partial charge on any atom is -0.365 e. The number of fused-ring (bicyclic) bond motifs is 1. The van der Waals surface area contributed by atoms with Gasteiger partial charge in [0, 0.05) is 17.1 Å². The zero-order valence-corrected chi connectivity index (χ0v) is 15.9. The second-order valence-electron chi connectivity index (χ2n) is 5.99. The van der Waals surface area contributed by atoms with E-state index in [1.807, 2.05) is 18.2 Å². The smallest absolute Gasteiger partial charge is 0.261 e. The van der Waals surface area contributed by atoms with E-state index in [4.69, 9.17) is 17.3 Å². The second kappa shape index (κ2) is 7.10. The SMILES string of the molecule is NC(=O)c1sc2c(ccc(=O)n2-c2ccccc2)c1Nc1ccc(F)c(Cl)c1. The molecule has 0 saturated heterocycles. The van der Waals surface area contributed by atoms with Crippen molar-refractivity contribution >= 4 is 50.4 Å². The summed E-state index contributed by atoms with van der Waals surface area (Å²) in [6.45, 7) is 0. The molecule has 140 valence electrons. The van der Waals surface area contributed by atoms with Crippen molar-refractivity contribution in [2.45, 2.75) is 0 Å². The van der Waals surface area contributed by atoms with Gasteiger partial charge in [-0.3, -0.25) is 14.2 Å². The van der Waals surface area contributed by atoms with Crippen molar-refractivity contribution in [3.63, 3.8) is 0 Å². The number of carbonyl (C=O) groups is 1. The second-order valence-corrected chi connectivity index (χ2v) is 7.39. The monoisotopic (exact) mass is 413 g/mol. The van der Waals surface area contributed by atoms with E-state index in [2.05, 4.69) is 5.32 Å². The third kappa shape index (κ3) is 3.15. The molecular formula is C20H13ClFN3O2S. The Labute approximate surface area is 167 Å². The highest BCUT2D eigenvalue weighted by Gasteiger charge is 2.20. The van der Waals surface area contributed by atoms with Crippen LogP contribution in [0.25, 0.3) is 15.9 Å². The average Bonchev–Trinajstić information content (AvgIpc) is 3.04. The number of hydrogen-bond acceptors (Lipinski definition) is 4. The van der Waals surface area contributed by atoms with Gasteiger partial charge in [0.1, 0.15) is 15.5 Å². The fourth-order valence-electron chi connectivity index (χ4n) is 2.92. The predicted molar refractivity (Wildman–Crippen MR) is 111 cm³/mol. The number of rotatable bonds is 4. The molecule has 8 heteroatoms. The Morgan fingerprint density at radius 3 is 2.54 bits per heavy atom. The van der Waals surface area contributed by atoms with Gasteiger partial charge in [-0.05, 0) is 36.4 Å². The van der Waals surface area contributed by atoms with E-state index in [1.165, 1.54) is 28.8 Å². The number of primary amides is 1. The lowest BCUT2D eigenvalue weighted by Gasteiger charge is -2.09. The highest BCUT2D eigenvalue weighted by molar-refractivity contribution is 7.21.